The number of carbonyl (C=O) groups excluding carboxylic acids is 1. The zero-order chi connectivity index (χ0) is 22.7. The third kappa shape index (κ3) is 4.50. The molecule has 0 saturated carbocycles. The number of H-pyrrole nitrogens is 1. The number of aromatic amines is 1. The number of fused-ring (bicyclic) bond motifs is 1. The number of benzene rings is 1. The van der Waals surface area contributed by atoms with Crippen LogP contribution in [0.4, 0.5) is 0 Å². The van der Waals surface area contributed by atoms with Gasteiger partial charge >= 0.3 is 5.69 Å². The monoisotopic (exact) mass is 441 g/mol. The number of aromatic nitrogens is 2. The zero-order valence-electron chi connectivity index (χ0n) is 18.8. The first kappa shape index (κ1) is 22.3. The summed E-state index contributed by atoms with van der Waals surface area (Å²) >= 11 is 0. The van der Waals surface area contributed by atoms with E-state index in [9.17, 15) is 14.4 Å². The Morgan fingerprint density at radius 1 is 1.03 bits per heavy atom. The number of piperidine rings is 1. The highest BCUT2D eigenvalue weighted by molar-refractivity contribution is 5.98. The Labute approximate surface area is 187 Å². The molecule has 1 aromatic carbocycles. The second-order valence-corrected chi connectivity index (χ2v) is 8.60. The van der Waals surface area contributed by atoms with E-state index >= 15 is 0 Å². The standard InChI is InChI=1S/C24H31N3O5/c1-31-20-8-7-17(15-21(20)32-2)22(28)16-9-11-26(12-10-16)13-14-27-23(29)18-5-3-4-6-19(18)25-24(27)30/h7-8,15-16H,3-6,9-14H2,1-2H3,(H,25,30). The van der Waals surface area contributed by atoms with Crippen molar-refractivity contribution in [2.75, 3.05) is 33.9 Å². The second-order valence-electron chi connectivity index (χ2n) is 8.60. The van der Waals surface area contributed by atoms with E-state index in [-0.39, 0.29) is 23.0 Å². The van der Waals surface area contributed by atoms with E-state index in [1.54, 1.807) is 32.4 Å². The van der Waals surface area contributed by atoms with Gasteiger partial charge in [0, 0.05) is 35.8 Å². The molecule has 0 amide bonds. The molecule has 8 heteroatoms. The number of rotatable bonds is 7. The number of likely N-dealkylation sites (tertiary alicyclic amines) is 1. The summed E-state index contributed by atoms with van der Waals surface area (Å²) in [6, 6.07) is 5.28. The Hall–Kier alpha value is -2.87. The van der Waals surface area contributed by atoms with Crippen molar-refractivity contribution >= 4 is 5.78 Å². The molecule has 1 aliphatic carbocycles. The average Bonchev–Trinajstić information content (AvgIpc) is 2.83. The van der Waals surface area contributed by atoms with Crippen LogP contribution in [-0.2, 0) is 19.4 Å². The highest BCUT2D eigenvalue weighted by atomic mass is 16.5. The van der Waals surface area contributed by atoms with Crippen LogP contribution >= 0.6 is 0 Å². The van der Waals surface area contributed by atoms with Gasteiger partial charge in [-0.2, -0.15) is 0 Å². The summed E-state index contributed by atoms with van der Waals surface area (Å²) in [5, 5.41) is 0. The number of hydrogen-bond donors (Lipinski definition) is 1. The Morgan fingerprint density at radius 2 is 1.75 bits per heavy atom. The van der Waals surface area contributed by atoms with Crippen molar-refractivity contribution < 1.29 is 14.3 Å². The summed E-state index contributed by atoms with van der Waals surface area (Å²) in [5.41, 5.74) is 1.77. The molecule has 0 unspecified atom stereocenters. The molecule has 8 nitrogen and oxygen atoms in total. The van der Waals surface area contributed by atoms with Gasteiger partial charge in [0.1, 0.15) is 0 Å². The molecule has 1 aromatic heterocycles. The fourth-order valence-corrected chi connectivity index (χ4v) is 4.82. The first-order chi connectivity index (χ1) is 15.5. The van der Waals surface area contributed by atoms with Crippen molar-refractivity contribution in [2.45, 2.75) is 45.1 Å². The second kappa shape index (κ2) is 9.73. The number of nitrogens with one attached hydrogen (secondary N) is 1. The number of aryl methyl sites for hydroxylation is 1. The lowest BCUT2D eigenvalue weighted by molar-refractivity contribution is 0.0836. The van der Waals surface area contributed by atoms with Crippen molar-refractivity contribution in [2.24, 2.45) is 5.92 Å². The van der Waals surface area contributed by atoms with Crippen LogP contribution < -0.4 is 20.7 Å². The van der Waals surface area contributed by atoms with Gasteiger partial charge in [0.25, 0.3) is 5.56 Å². The third-order valence-corrected chi connectivity index (χ3v) is 6.74. The largest absolute Gasteiger partial charge is 0.493 e. The number of nitrogens with zero attached hydrogens (tertiary/aromatic N) is 2. The minimum atomic E-state index is -0.311. The lowest BCUT2D eigenvalue weighted by atomic mass is 9.88. The summed E-state index contributed by atoms with van der Waals surface area (Å²) in [7, 11) is 3.13. The summed E-state index contributed by atoms with van der Waals surface area (Å²) in [6.45, 7) is 2.53. The van der Waals surface area contributed by atoms with Gasteiger partial charge in [-0.3, -0.25) is 14.2 Å². The van der Waals surface area contributed by atoms with Crippen LogP contribution in [0.5, 0.6) is 11.5 Å². The van der Waals surface area contributed by atoms with Gasteiger partial charge in [-0.1, -0.05) is 0 Å². The number of ketones is 1. The van der Waals surface area contributed by atoms with Crippen molar-refractivity contribution in [1.82, 2.24) is 14.5 Å². The average molecular weight is 442 g/mol. The zero-order valence-corrected chi connectivity index (χ0v) is 18.8. The van der Waals surface area contributed by atoms with Gasteiger partial charge in [-0.15, -0.1) is 0 Å². The van der Waals surface area contributed by atoms with Gasteiger partial charge in [-0.25, -0.2) is 4.79 Å². The van der Waals surface area contributed by atoms with Crippen LogP contribution in [0.1, 0.15) is 47.3 Å². The molecule has 2 heterocycles. The Bertz CT molecular complexity index is 1100. The molecule has 0 spiro atoms. The Kier molecular flexibility index (Phi) is 6.79. The van der Waals surface area contributed by atoms with Gasteiger partial charge in [0.15, 0.2) is 17.3 Å². The molecule has 0 atom stereocenters. The minimum absolute atomic E-state index is 0.0424. The first-order valence-corrected chi connectivity index (χ1v) is 11.3. The van der Waals surface area contributed by atoms with E-state index < -0.39 is 0 Å². The lowest BCUT2D eigenvalue weighted by Gasteiger charge is -2.31. The topological polar surface area (TPSA) is 93.6 Å². The maximum absolute atomic E-state index is 13.0. The number of ether oxygens (including phenoxy) is 2. The first-order valence-electron chi connectivity index (χ1n) is 11.3. The summed E-state index contributed by atoms with van der Waals surface area (Å²) < 4.78 is 11.9. The van der Waals surface area contributed by atoms with Crippen LogP contribution in [0.3, 0.4) is 0 Å². The lowest BCUT2D eigenvalue weighted by Crippen LogP contribution is -2.44. The van der Waals surface area contributed by atoms with Crippen LogP contribution in [0.15, 0.2) is 27.8 Å². The third-order valence-electron chi connectivity index (χ3n) is 6.74. The fraction of sp³-hybridized carbons (Fsp3) is 0.542. The van der Waals surface area contributed by atoms with Crippen LogP contribution in [0.25, 0.3) is 0 Å². The molecule has 1 N–H and O–H groups in total. The predicted octanol–water partition coefficient (Wildman–Crippen LogP) is 2.03. The molecule has 4 rings (SSSR count). The van der Waals surface area contributed by atoms with Gasteiger partial charge in [0.05, 0.1) is 14.2 Å². The van der Waals surface area contributed by atoms with Crippen molar-refractivity contribution in [3.63, 3.8) is 0 Å². The van der Waals surface area contributed by atoms with Crippen molar-refractivity contribution in [1.29, 1.82) is 0 Å². The van der Waals surface area contributed by atoms with E-state index in [1.165, 1.54) is 4.57 Å². The molecule has 2 aromatic rings. The highest BCUT2D eigenvalue weighted by Gasteiger charge is 2.27. The summed E-state index contributed by atoms with van der Waals surface area (Å²) in [5.74, 6) is 1.23. The smallest absolute Gasteiger partial charge is 0.328 e. The van der Waals surface area contributed by atoms with E-state index in [2.05, 4.69) is 9.88 Å². The maximum atomic E-state index is 13.0. The van der Waals surface area contributed by atoms with Crippen molar-refractivity contribution in [3.05, 3.63) is 55.9 Å². The van der Waals surface area contributed by atoms with E-state index in [4.69, 9.17) is 9.47 Å². The number of carbonyl (C=O) groups is 1. The normalized spacial score (nSPS) is 17.1. The van der Waals surface area contributed by atoms with Crippen LogP contribution in [-0.4, -0.2) is 54.1 Å². The van der Waals surface area contributed by atoms with Gasteiger partial charge in [-0.05, 0) is 69.8 Å². The quantitative estimate of drug-likeness (QED) is 0.661. The fourth-order valence-electron chi connectivity index (χ4n) is 4.82. The van der Waals surface area contributed by atoms with Crippen molar-refractivity contribution in [3.8, 4) is 11.5 Å². The predicted molar refractivity (Wildman–Crippen MR) is 121 cm³/mol. The highest BCUT2D eigenvalue weighted by Crippen LogP contribution is 2.30. The van der Waals surface area contributed by atoms with Crippen LogP contribution in [0, 0.1) is 5.92 Å². The minimum Gasteiger partial charge on any atom is -0.493 e. The number of methoxy groups -OCH3 is 2. The van der Waals surface area contributed by atoms with Crippen LogP contribution in [0.2, 0.25) is 0 Å². The number of Topliss-reactive ketones (excluding diaryl/α,β-unsaturated/α-hetero) is 1. The molecule has 0 radical (unpaired) electrons. The Balaban J connectivity index is 1.35. The molecule has 2 aliphatic rings. The molecule has 32 heavy (non-hydrogen) atoms. The van der Waals surface area contributed by atoms with Gasteiger partial charge in [0.2, 0.25) is 0 Å². The SMILES string of the molecule is COc1ccc(C(=O)C2CCN(CCn3c(=O)[nH]c4c(c3=O)CCCC4)CC2)cc1OC. The summed E-state index contributed by atoms with van der Waals surface area (Å²) in [4.78, 5) is 43.3. The molecule has 172 valence electrons. The number of hydrogen-bond acceptors (Lipinski definition) is 6. The molecule has 0 bridgehead atoms. The van der Waals surface area contributed by atoms with Gasteiger partial charge < -0.3 is 19.4 Å². The molecule has 1 aliphatic heterocycles. The molecular formula is C24H31N3O5. The maximum Gasteiger partial charge on any atom is 0.328 e. The van der Waals surface area contributed by atoms with E-state index in [1.807, 2.05) is 0 Å². The molecule has 1 fully saturated rings. The van der Waals surface area contributed by atoms with E-state index in [0.29, 0.717) is 30.2 Å². The molecule has 1 saturated heterocycles. The Morgan fingerprint density at radius 3 is 2.47 bits per heavy atom. The summed E-state index contributed by atoms with van der Waals surface area (Å²) in [6.07, 6.45) is 5.04. The van der Waals surface area contributed by atoms with E-state index in [0.717, 1.165) is 62.9 Å². The molecular weight excluding hydrogens is 410 g/mol.